The lowest BCUT2D eigenvalue weighted by Gasteiger charge is -2.36. The van der Waals surface area contributed by atoms with E-state index >= 15 is 0 Å². The van der Waals surface area contributed by atoms with Crippen LogP contribution in [-0.2, 0) is 11.0 Å². The van der Waals surface area contributed by atoms with Crippen molar-refractivity contribution in [3.8, 4) is 0 Å². The van der Waals surface area contributed by atoms with Crippen LogP contribution >= 0.6 is 0 Å². The molecule has 2 saturated heterocycles. The fourth-order valence-corrected chi connectivity index (χ4v) is 3.73. The number of nitrogens with one attached hydrogen (secondary N) is 1. The molecule has 0 aromatic heterocycles. The van der Waals surface area contributed by atoms with E-state index in [2.05, 4.69) is 5.32 Å². The van der Waals surface area contributed by atoms with Crippen LogP contribution in [0.15, 0.2) is 48.5 Å². The molecule has 0 aliphatic carbocycles. The first kappa shape index (κ1) is 19.9. The Labute approximate surface area is 168 Å². The topological polar surface area (TPSA) is 69.7 Å². The highest BCUT2D eigenvalue weighted by Crippen LogP contribution is 2.31. The summed E-state index contributed by atoms with van der Waals surface area (Å²) in [6.07, 6.45) is -4.20. The summed E-state index contributed by atoms with van der Waals surface area (Å²) in [6.45, 7) is 0.151. The molecule has 2 aromatic rings. The maximum atomic E-state index is 13.2. The van der Waals surface area contributed by atoms with E-state index in [1.54, 1.807) is 0 Å². The maximum absolute atomic E-state index is 13.2. The molecule has 6 nitrogen and oxygen atoms in total. The molecule has 2 aliphatic heterocycles. The number of hydrogen-bond donors (Lipinski definition) is 1. The largest absolute Gasteiger partial charge is 0.416 e. The standard InChI is InChI=1S/C20H15F4N3O3/c21-13-5-7-14(8-6-13)27-18(29)16-15(25-19(27)30)9-10-26(16)17(28)11-1-3-12(4-2-11)20(22,23)24/h1-8,15-16H,9-10H2,(H,25,30). The number of benzene rings is 2. The number of alkyl halides is 3. The van der Waals surface area contributed by atoms with Crippen LogP contribution in [0.4, 0.5) is 28.0 Å². The van der Waals surface area contributed by atoms with E-state index in [4.69, 9.17) is 0 Å². The van der Waals surface area contributed by atoms with Crippen LogP contribution in [0.2, 0.25) is 0 Å². The number of urea groups is 1. The molecule has 156 valence electrons. The first-order chi connectivity index (χ1) is 14.2. The number of imide groups is 1. The van der Waals surface area contributed by atoms with Gasteiger partial charge in [-0.2, -0.15) is 13.2 Å². The molecular weight excluding hydrogens is 406 g/mol. The number of rotatable bonds is 2. The van der Waals surface area contributed by atoms with Gasteiger partial charge in [0, 0.05) is 12.1 Å². The number of nitrogens with zero attached hydrogens (tertiary/aromatic N) is 2. The van der Waals surface area contributed by atoms with Gasteiger partial charge in [-0.3, -0.25) is 9.59 Å². The summed E-state index contributed by atoms with van der Waals surface area (Å²) >= 11 is 0. The van der Waals surface area contributed by atoms with Gasteiger partial charge in [0.15, 0.2) is 0 Å². The van der Waals surface area contributed by atoms with Crippen molar-refractivity contribution in [2.45, 2.75) is 24.7 Å². The molecule has 2 atom stereocenters. The second-order valence-electron chi connectivity index (χ2n) is 7.01. The second-order valence-corrected chi connectivity index (χ2v) is 7.01. The first-order valence-corrected chi connectivity index (χ1v) is 9.05. The highest BCUT2D eigenvalue weighted by molar-refractivity contribution is 6.19. The van der Waals surface area contributed by atoms with Crippen LogP contribution < -0.4 is 10.2 Å². The van der Waals surface area contributed by atoms with E-state index in [-0.39, 0.29) is 17.8 Å². The number of carbonyl (C=O) groups excluding carboxylic acids is 3. The predicted octanol–water partition coefficient (Wildman–Crippen LogP) is 3.18. The zero-order chi connectivity index (χ0) is 21.6. The Hall–Kier alpha value is -3.43. The molecule has 2 aliphatic rings. The maximum Gasteiger partial charge on any atom is 0.416 e. The van der Waals surface area contributed by atoms with Crippen molar-refractivity contribution in [1.29, 1.82) is 0 Å². The number of anilines is 1. The minimum atomic E-state index is -4.53. The van der Waals surface area contributed by atoms with Gasteiger partial charge in [-0.1, -0.05) is 0 Å². The smallest absolute Gasteiger partial charge is 0.332 e. The van der Waals surface area contributed by atoms with Crippen molar-refractivity contribution in [3.05, 3.63) is 65.5 Å². The minimum Gasteiger partial charge on any atom is -0.332 e. The van der Waals surface area contributed by atoms with Crippen molar-refractivity contribution in [1.82, 2.24) is 10.2 Å². The number of likely N-dealkylation sites (tertiary alicyclic amines) is 1. The molecular formula is C20H15F4N3O3. The van der Waals surface area contributed by atoms with E-state index < -0.39 is 47.5 Å². The predicted molar refractivity (Wildman–Crippen MR) is 97.1 cm³/mol. The molecule has 4 amide bonds. The average molecular weight is 421 g/mol. The van der Waals surface area contributed by atoms with E-state index in [0.717, 1.165) is 41.3 Å². The number of halogens is 4. The Balaban J connectivity index is 1.60. The monoisotopic (exact) mass is 421 g/mol. The lowest BCUT2D eigenvalue weighted by Crippen LogP contribution is -2.65. The van der Waals surface area contributed by atoms with Gasteiger partial charge in [-0.15, -0.1) is 0 Å². The van der Waals surface area contributed by atoms with Gasteiger partial charge in [-0.25, -0.2) is 14.1 Å². The highest BCUT2D eigenvalue weighted by Gasteiger charge is 2.50. The van der Waals surface area contributed by atoms with Gasteiger partial charge in [0.2, 0.25) is 0 Å². The summed E-state index contributed by atoms with van der Waals surface area (Å²) in [5, 5.41) is 2.67. The van der Waals surface area contributed by atoms with Crippen molar-refractivity contribution < 1.29 is 31.9 Å². The van der Waals surface area contributed by atoms with Crippen LogP contribution in [0.5, 0.6) is 0 Å². The third kappa shape index (κ3) is 3.38. The van der Waals surface area contributed by atoms with E-state index in [1.165, 1.54) is 17.0 Å². The molecule has 10 heteroatoms. The highest BCUT2D eigenvalue weighted by atomic mass is 19.4. The molecule has 0 bridgehead atoms. The number of hydrogen-bond acceptors (Lipinski definition) is 3. The van der Waals surface area contributed by atoms with E-state index in [9.17, 15) is 31.9 Å². The van der Waals surface area contributed by atoms with Crippen molar-refractivity contribution >= 4 is 23.5 Å². The van der Waals surface area contributed by atoms with Crippen LogP contribution in [0.25, 0.3) is 0 Å². The zero-order valence-electron chi connectivity index (χ0n) is 15.3. The molecule has 0 saturated carbocycles. The fourth-order valence-electron chi connectivity index (χ4n) is 3.73. The molecule has 2 aromatic carbocycles. The summed E-state index contributed by atoms with van der Waals surface area (Å²) in [5.41, 5.74) is -0.741. The lowest BCUT2D eigenvalue weighted by molar-refractivity contribution is -0.137. The molecule has 30 heavy (non-hydrogen) atoms. The van der Waals surface area contributed by atoms with Crippen LogP contribution in [-0.4, -0.2) is 41.4 Å². The molecule has 0 radical (unpaired) electrons. The second kappa shape index (κ2) is 7.12. The van der Waals surface area contributed by atoms with Gasteiger partial charge < -0.3 is 10.2 Å². The van der Waals surface area contributed by atoms with Gasteiger partial charge >= 0.3 is 12.2 Å². The van der Waals surface area contributed by atoms with Crippen LogP contribution in [0.1, 0.15) is 22.3 Å². The number of amides is 4. The van der Waals surface area contributed by atoms with Crippen molar-refractivity contribution in [3.63, 3.8) is 0 Å². The first-order valence-electron chi connectivity index (χ1n) is 9.05. The van der Waals surface area contributed by atoms with Gasteiger partial charge in [0.05, 0.1) is 17.3 Å². The molecule has 4 rings (SSSR count). The summed E-state index contributed by atoms with van der Waals surface area (Å²) < 4.78 is 51.4. The number of fused-ring (bicyclic) bond motifs is 1. The van der Waals surface area contributed by atoms with Crippen molar-refractivity contribution in [2.24, 2.45) is 0 Å². The summed E-state index contributed by atoms with van der Waals surface area (Å²) in [7, 11) is 0. The normalized spacial score (nSPS) is 21.5. The molecule has 2 fully saturated rings. The van der Waals surface area contributed by atoms with Gasteiger partial charge in [0.1, 0.15) is 11.9 Å². The van der Waals surface area contributed by atoms with Gasteiger partial charge in [-0.05, 0) is 55.0 Å². The minimum absolute atomic E-state index is 0.00156. The Kier molecular flexibility index (Phi) is 4.71. The Bertz CT molecular complexity index is 1010. The molecule has 2 unspecified atom stereocenters. The molecule has 0 spiro atoms. The van der Waals surface area contributed by atoms with E-state index in [1.807, 2.05) is 0 Å². The Morgan fingerprint density at radius 3 is 2.23 bits per heavy atom. The summed E-state index contributed by atoms with van der Waals surface area (Å²) in [6, 6.07) is 6.15. The fraction of sp³-hybridized carbons (Fsp3) is 0.250. The SMILES string of the molecule is O=C1NC2CCN(C(=O)c3ccc(C(F)(F)F)cc3)C2C(=O)N1c1ccc(F)cc1. The number of carbonyl (C=O) groups is 3. The molecule has 2 heterocycles. The Morgan fingerprint density at radius 1 is 1.00 bits per heavy atom. The summed E-state index contributed by atoms with van der Waals surface area (Å²) in [5.74, 6) is -1.81. The zero-order valence-corrected chi connectivity index (χ0v) is 15.3. The van der Waals surface area contributed by atoms with E-state index in [0.29, 0.717) is 6.42 Å². The third-order valence-electron chi connectivity index (χ3n) is 5.19. The molecule has 1 N–H and O–H groups in total. The lowest BCUT2D eigenvalue weighted by atomic mass is 10.0. The van der Waals surface area contributed by atoms with Crippen LogP contribution in [0.3, 0.4) is 0 Å². The van der Waals surface area contributed by atoms with Crippen LogP contribution in [0, 0.1) is 5.82 Å². The summed E-state index contributed by atoms with van der Waals surface area (Å²) in [4.78, 5) is 40.4. The van der Waals surface area contributed by atoms with Gasteiger partial charge in [0.25, 0.3) is 11.8 Å². The quantitative estimate of drug-likeness (QED) is 0.758. The Morgan fingerprint density at radius 2 is 1.63 bits per heavy atom. The average Bonchev–Trinajstić information content (AvgIpc) is 3.12. The third-order valence-corrected chi connectivity index (χ3v) is 5.19. The van der Waals surface area contributed by atoms with Crippen molar-refractivity contribution in [2.75, 3.05) is 11.4 Å².